The first kappa shape index (κ1) is 15.0. The van der Waals surface area contributed by atoms with Crippen LogP contribution in [-0.2, 0) is 9.53 Å². The van der Waals surface area contributed by atoms with Gasteiger partial charge in [-0.05, 0) is 33.1 Å². The molecule has 0 fully saturated rings. The van der Waals surface area contributed by atoms with Crippen molar-refractivity contribution in [2.45, 2.75) is 59.3 Å². The Bertz CT molecular complexity index is 328. The first-order chi connectivity index (χ1) is 8.62. The summed E-state index contributed by atoms with van der Waals surface area (Å²) in [5.74, 6) is -0.0968. The lowest BCUT2D eigenvalue weighted by Gasteiger charge is -2.26. The summed E-state index contributed by atoms with van der Waals surface area (Å²) in [7, 11) is 0. The van der Waals surface area contributed by atoms with Gasteiger partial charge in [-0.15, -0.1) is 0 Å². The maximum absolute atomic E-state index is 11.9. The molecule has 1 unspecified atom stereocenters. The maximum atomic E-state index is 11.9. The highest BCUT2D eigenvalue weighted by molar-refractivity contribution is 5.79. The fraction of sp³-hybridized carbons (Fsp3) is 0.688. The van der Waals surface area contributed by atoms with Crippen LogP contribution in [0.5, 0.6) is 0 Å². The summed E-state index contributed by atoms with van der Waals surface area (Å²) in [5.41, 5.74) is 0.832. The fourth-order valence-electron chi connectivity index (χ4n) is 2.32. The van der Waals surface area contributed by atoms with Crippen molar-refractivity contribution in [2.75, 3.05) is 6.61 Å². The lowest BCUT2D eigenvalue weighted by Crippen LogP contribution is -2.29. The van der Waals surface area contributed by atoms with Crippen molar-refractivity contribution < 1.29 is 9.53 Å². The Morgan fingerprint density at radius 1 is 1.33 bits per heavy atom. The fourth-order valence-corrected chi connectivity index (χ4v) is 2.32. The Morgan fingerprint density at radius 2 is 2.11 bits per heavy atom. The van der Waals surface area contributed by atoms with Crippen molar-refractivity contribution in [3.8, 4) is 0 Å². The molecule has 1 aliphatic rings. The number of carbonyl (C=O) groups is 1. The maximum Gasteiger partial charge on any atom is 0.315 e. The smallest absolute Gasteiger partial charge is 0.315 e. The third-order valence-corrected chi connectivity index (χ3v) is 3.44. The highest BCUT2D eigenvalue weighted by Gasteiger charge is 2.33. The number of hydrogen-bond donors (Lipinski definition) is 0. The summed E-state index contributed by atoms with van der Waals surface area (Å²) in [5, 5.41) is 0. The summed E-state index contributed by atoms with van der Waals surface area (Å²) in [6.07, 6.45) is 13.2. The zero-order valence-corrected chi connectivity index (χ0v) is 12.0. The number of unbranched alkanes of at least 4 members (excludes halogenated alkanes) is 3. The Morgan fingerprint density at radius 3 is 2.78 bits per heavy atom. The molecule has 0 saturated carbocycles. The van der Waals surface area contributed by atoms with Crippen molar-refractivity contribution in [3.05, 3.63) is 23.8 Å². The molecular formula is C16H26O2. The summed E-state index contributed by atoms with van der Waals surface area (Å²) >= 11 is 0. The van der Waals surface area contributed by atoms with E-state index in [1.165, 1.54) is 31.3 Å². The van der Waals surface area contributed by atoms with E-state index in [4.69, 9.17) is 4.74 Å². The summed E-state index contributed by atoms with van der Waals surface area (Å²) in [4.78, 5) is 11.9. The third-order valence-electron chi connectivity index (χ3n) is 3.44. The van der Waals surface area contributed by atoms with E-state index in [9.17, 15) is 4.79 Å². The van der Waals surface area contributed by atoms with Crippen molar-refractivity contribution in [2.24, 2.45) is 5.41 Å². The molecule has 0 aromatic rings. The summed E-state index contributed by atoms with van der Waals surface area (Å²) < 4.78 is 5.16. The van der Waals surface area contributed by atoms with E-state index in [0.29, 0.717) is 6.61 Å². The summed E-state index contributed by atoms with van der Waals surface area (Å²) in [6.45, 7) is 6.51. The minimum atomic E-state index is -0.454. The van der Waals surface area contributed by atoms with E-state index >= 15 is 0 Å². The van der Waals surface area contributed by atoms with Gasteiger partial charge in [-0.2, -0.15) is 0 Å². The lowest BCUT2D eigenvalue weighted by molar-refractivity contribution is -0.151. The van der Waals surface area contributed by atoms with Crippen LogP contribution in [0, 0.1) is 5.41 Å². The molecule has 102 valence electrons. The molecule has 0 heterocycles. The number of hydrogen-bond acceptors (Lipinski definition) is 2. The molecule has 0 spiro atoms. The van der Waals surface area contributed by atoms with E-state index < -0.39 is 5.41 Å². The topological polar surface area (TPSA) is 26.3 Å². The van der Waals surface area contributed by atoms with E-state index in [2.05, 4.69) is 25.2 Å². The van der Waals surface area contributed by atoms with Gasteiger partial charge in [0.15, 0.2) is 0 Å². The van der Waals surface area contributed by atoms with Crippen LogP contribution in [0.15, 0.2) is 23.8 Å². The standard InChI is InChI=1S/C16H26O2/c1-4-6-7-8-10-14-11-9-12-16(3,13-14)15(17)18-5-2/h9,11,13H,4-8,10,12H2,1-3H3. The van der Waals surface area contributed by atoms with Crippen molar-refractivity contribution in [1.29, 1.82) is 0 Å². The van der Waals surface area contributed by atoms with E-state index in [1.807, 2.05) is 13.8 Å². The SMILES string of the molecule is CCCCCCC1=CC(C)(C(=O)OCC)CC=C1. The Hall–Kier alpha value is -1.05. The Labute approximate surface area is 111 Å². The minimum absolute atomic E-state index is 0.0968. The highest BCUT2D eigenvalue weighted by Crippen LogP contribution is 2.32. The largest absolute Gasteiger partial charge is 0.465 e. The predicted octanol–water partition coefficient (Wildman–Crippen LogP) is 4.41. The zero-order valence-electron chi connectivity index (χ0n) is 12.0. The van der Waals surface area contributed by atoms with Crippen LogP contribution < -0.4 is 0 Å². The van der Waals surface area contributed by atoms with Gasteiger partial charge in [0, 0.05) is 0 Å². The van der Waals surface area contributed by atoms with E-state index in [0.717, 1.165) is 12.8 Å². The minimum Gasteiger partial charge on any atom is -0.465 e. The van der Waals surface area contributed by atoms with E-state index in [1.54, 1.807) is 0 Å². The molecule has 2 heteroatoms. The Balaban J connectivity index is 2.55. The number of esters is 1. The predicted molar refractivity (Wildman–Crippen MR) is 75.3 cm³/mol. The molecule has 0 saturated heterocycles. The highest BCUT2D eigenvalue weighted by atomic mass is 16.5. The van der Waals surface area contributed by atoms with Crippen LogP contribution in [0.3, 0.4) is 0 Å². The quantitative estimate of drug-likeness (QED) is 0.494. The number of rotatable bonds is 7. The average Bonchev–Trinajstić information content (AvgIpc) is 2.35. The molecule has 1 rings (SSSR count). The van der Waals surface area contributed by atoms with Crippen LogP contribution in [0.25, 0.3) is 0 Å². The first-order valence-electron chi connectivity index (χ1n) is 7.18. The summed E-state index contributed by atoms with van der Waals surface area (Å²) in [6, 6.07) is 0. The molecule has 1 aliphatic carbocycles. The van der Waals surface area contributed by atoms with Crippen LogP contribution in [0.1, 0.15) is 59.3 Å². The molecule has 0 bridgehead atoms. The molecule has 0 aliphatic heterocycles. The van der Waals surface area contributed by atoms with Gasteiger partial charge in [-0.25, -0.2) is 0 Å². The molecule has 0 amide bonds. The molecule has 0 N–H and O–H groups in total. The molecule has 2 nitrogen and oxygen atoms in total. The van der Waals surface area contributed by atoms with Gasteiger partial charge in [0.05, 0.1) is 12.0 Å². The zero-order chi connectivity index (χ0) is 13.4. The molecule has 1 atom stereocenters. The van der Waals surface area contributed by atoms with Gasteiger partial charge in [0.25, 0.3) is 0 Å². The van der Waals surface area contributed by atoms with Gasteiger partial charge in [0.2, 0.25) is 0 Å². The normalized spacial score (nSPS) is 22.7. The average molecular weight is 250 g/mol. The van der Waals surface area contributed by atoms with Crippen molar-refractivity contribution >= 4 is 5.97 Å². The van der Waals surface area contributed by atoms with Gasteiger partial charge < -0.3 is 4.74 Å². The molecule has 0 aromatic heterocycles. The molecule has 0 radical (unpaired) electrons. The first-order valence-corrected chi connectivity index (χ1v) is 7.18. The van der Waals surface area contributed by atoms with Crippen LogP contribution in [-0.4, -0.2) is 12.6 Å². The second-order valence-electron chi connectivity index (χ2n) is 5.27. The van der Waals surface area contributed by atoms with Crippen LogP contribution in [0.2, 0.25) is 0 Å². The van der Waals surface area contributed by atoms with Crippen LogP contribution >= 0.6 is 0 Å². The third kappa shape index (κ3) is 4.32. The van der Waals surface area contributed by atoms with Gasteiger partial charge in [0.1, 0.15) is 0 Å². The lowest BCUT2D eigenvalue weighted by atomic mass is 9.80. The second-order valence-corrected chi connectivity index (χ2v) is 5.27. The van der Waals surface area contributed by atoms with Gasteiger partial charge >= 0.3 is 5.97 Å². The van der Waals surface area contributed by atoms with Crippen molar-refractivity contribution in [1.82, 2.24) is 0 Å². The molecule has 18 heavy (non-hydrogen) atoms. The van der Waals surface area contributed by atoms with Gasteiger partial charge in [-0.3, -0.25) is 4.79 Å². The van der Waals surface area contributed by atoms with Crippen molar-refractivity contribution in [3.63, 3.8) is 0 Å². The van der Waals surface area contributed by atoms with Gasteiger partial charge in [-0.1, -0.05) is 50.0 Å². The molecule has 0 aromatic carbocycles. The number of ether oxygens (including phenoxy) is 1. The second kappa shape index (κ2) is 7.40. The molecular weight excluding hydrogens is 224 g/mol. The van der Waals surface area contributed by atoms with E-state index in [-0.39, 0.29) is 5.97 Å². The Kier molecular flexibility index (Phi) is 6.17. The number of carbonyl (C=O) groups excluding carboxylic acids is 1. The monoisotopic (exact) mass is 250 g/mol. The van der Waals surface area contributed by atoms with Crippen LogP contribution in [0.4, 0.5) is 0 Å². The number of allylic oxidation sites excluding steroid dienone is 3.